The molecule has 0 spiro atoms. The zero-order valence-corrected chi connectivity index (χ0v) is 14.4. The van der Waals surface area contributed by atoms with Crippen molar-refractivity contribution >= 4 is 29.7 Å². The van der Waals surface area contributed by atoms with E-state index in [0.717, 1.165) is 23.4 Å². The second-order valence-corrected chi connectivity index (χ2v) is 5.39. The van der Waals surface area contributed by atoms with Crippen LogP contribution in [0.1, 0.15) is 36.2 Å². The number of nitrogens with two attached hydrogens (primary N) is 1. The molecule has 1 unspecified atom stereocenters. The van der Waals surface area contributed by atoms with E-state index in [1.807, 2.05) is 44.2 Å². The summed E-state index contributed by atoms with van der Waals surface area (Å²) in [6.07, 6.45) is 1.13. The number of ether oxygens (including phenoxy) is 1. The molecular formula is C18H23ClN2O2. The minimum absolute atomic E-state index is 0. The molecule has 0 aromatic heterocycles. The molecule has 2 aromatic rings. The molecule has 0 aliphatic heterocycles. The predicted molar refractivity (Wildman–Crippen MR) is 97.6 cm³/mol. The summed E-state index contributed by atoms with van der Waals surface area (Å²) in [5, 5.41) is 2.87. The first kappa shape index (κ1) is 18.8. The van der Waals surface area contributed by atoms with Gasteiger partial charge in [0.2, 0.25) is 0 Å². The number of nitrogens with one attached hydrogen (secondary N) is 1. The minimum atomic E-state index is -0.166. The van der Waals surface area contributed by atoms with Crippen molar-refractivity contribution in [2.45, 2.75) is 33.3 Å². The Bertz CT molecular complexity index is 657. The van der Waals surface area contributed by atoms with E-state index in [1.165, 1.54) is 0 Å². The van der Waals surface area contributed by atoms with Crippen molar-refractivity contribution in [2.75, 3.05) is 11.1 Å². The van der Waals surface area contributed by atoms with Crippen molar-refractivity contribution in [3.05, 3.63) is 53.6 Å². The van der Waals surface area contributed by atoms with Crippen molar-refractivity contribution in [2.24, 2.45) is 0 Å². The third kappa shape index (κ3) is 5.18. The molecule has 0 radical (unpaired) electrons. The Balaban J connectivity index is 0.00000264. The van der Waals surface area contributed by atoms with Gasteiger partial charge in [0.25, 0.3) is 5.91 Å². The van der Waals surface area contributed by atoms with Crippen LogP contribution in [0.25, 0.3) is 0 Å². The number of hydrogen-bond donors (Lipinski definition) is 2. The van der Waals surface area contributed by atoms with Gasteiger partial charge in [-0.2, -0.15) is 0 Å². The molecule has 0 aliphatic rings. The molecule has 1 amide bonds. The van der Waals surface area contributed by atoms with E-state index in [2.05, 4.69) is 12.2 Å². The SMILES string of the molecule is CCC(C)Oc1ccc(NC(=O)c2cc(N)ccc2C)cc1.Cl. The van der Waals surface area contributed by atoms with Crippen molar-refractivity contribution in [3.63, 3.8) is 0 Å². The molecule has 5 heteroatoms. The first-order chi connectivity index (χ1) is 10.5. The molecule has 0 fully saturated rings. The van der Waals surface area contributed by atoms with Crippen LogP contribution >= 0.6 is 12.4 Å². The van der Waals surface area contributed by atoms with Gasteiger partial charge < -0.3 is 15.8 Å². The van der Waals surface area contributed by atoms with E-state index in [0.29, 0.717) is 11.3 Å². The van der Waals surface area contributed by atoms with Crippen LogP contribution in [0.15, 0.2) is 42.5 Å². The third-order valence-corrected chi connectivity index (χ3v) is 3.53. The fourth-order valence-electron chi connectivity index (χ4n) is 2.02. The first-order valence-corrected chi connectivity index (χ1v) is 7.43. The minimum Gasteiger partial charge on any atom is -0.491 e. The fraction of sp³-hybridized carbons (Fsp3) is 0.278. The van der Waals surface area contributed by atoms with Crippen LogP contribution in [0.4, 0.5) is 11.4 Å². The van der Waals surface area contributed by atoms with Gasteiger partial charge in [0, 0.05) is 16.9 Å². The lowest BCUT2D eigenvalue weighted by atomic mass is 10.1. The average Bonchev–Trinajstić information content (AvgIpc) is 2.51. The summed E-state index contributed by atoms with van der Waals surface area (Å²) in [5.41, 5.74) is 8.52. The molecule has 1 atom stereocenters. The van der Waals surface area contributed by atoms with Gasteiger partial charge in [-0.25, -0.2) is 0 Å². The van der Waals surface area contributed by atoms with Crippen LogP contribution in [-0.2, 0) is 0 Å². The molecule has 0 saturated carbocycles. The molecule has 0 aliphatic carbocycles. The number of carbonyl (C=O) groups excluding carboxylic acids is 1. The first-order valence-electron chi connectivity index (χ1n) is 7.43. The summed E-state index contributed by atoms with van der Waals surface area (Å²) < 4.78 is 5.71. The normalized spacial score (nSPS) is 11.3. The zero-order valence-electron chi connectivity index (χ0n) is 13.6. The van der Waals surface area contributed by atoms with Gasteiger partial charge in [0.05, 0.1) is 6.10 Å². The van der Waals surface area contributed by atoms with Gasteiger partial charge in [-0.05, 0) is 62.2 Å². The molecule has 0 saturated heterocycles. The summed E-state index contributed by atoms with van der Waals surface area (Å²) in [7, 11) is 0. The van der Waals surface area contributed by atoms with Crippen LogP contribution in [-0.4, -0.2) is 12.0 Å². The number of anilines is 2. The van der Waals surface area contributed by atoms with Gasteiger partial charge in [-0.1, -0.05) is 13.0 Å². The quantitative estimate of drug-likeness (QED) is 0.795. The van der Waals surface area contributed by atoms with Gasteiger partial charge in [0.1, 0.15) is 5.75 Å². The van der Waals surface area contributed by atoms with E-state index >= 15 is 0 Å². The number of nitrogen functional groups attached to an aromatic ring is 1. The Morgan fingerprint density at radius 2 is 1.87 bits per heavy atom. The maximum absolute atomic E-state index is 12.3. The number of benzene rings is 2. The lowest BCUT2D eigenvalue weighted by Crippen LogP contribution is -2.14. The lowest BCUT2D eigenvalue weighted by molar-refractivity contribution is 0.102. The van der Waals surface area contributed by atoms with Crippen LogP contribution in [0.5, 0.6) is 5.75 Å². The van der Waals surface area contributed by atoms with Gasteiger partial charge >= 0.3 is 0 Å². The highest BCUT2D eigenvalue weighted by Gasteiger charge is 2.10. The van der Waals surface area contributed by atoms with Crippen LogP contribution < -0.4 is 15.8 Å². The van der Waals surface area contributed by atoms with E-state index in [1.54, 1.807) is 12.1 Å². The van der Waals surface area contributed by atoms with Crippen molar-refractivity contribution in [3.8, 4) is 5.75 Å². The standard InChI is InChI=1S/C18H22N2O2.ClH/c1-4-13(3)22-16-9-7-15(8-10-16)20-18(21)17-11-14(19)6-5-12(17)2;/h5-11,13H,4,19H2,1-3H3,(H,20,21);1H. The highest BCUT2D eigenvalue weighted by molar-refractivity contribution is 6.05. The number of halogens is 1. The monoisotopic (exact) mass is 334 g/mol. The summed E-state index contributed by atoms with van der Waals surface area (Å²) in [6.45, 7) is 5.99. The largest absolute Gasteiger partial charge is 0.491 e. The van der Waals surface area contributed by atoms with E-state index in [-0.39, 0.29) is 24.4 Å². The second kappa shape index (κ2) is 8.44. The van der Waals surface area contributed by atoms with Crippen molar-refractivity contribution < 1.29 is 9.53 Å². The Hall–Kier alpha value is -2.20. The molecule has 3 N–H and O–H groups in total. The topological polar surface area (TPSA) is 64.3 Å². The molecule has 2 rings (SSSR count). The van der Waals surface area contributed by atoms with Crippen molar-refractivity contribution in [1.82, 2.24) is 0 Å². The van der Waals surface area contributed by atoms with Crippen LogP contribution in [0.2, 0.25) is 0 Å². The molecule has 23 heavy (non-hydrogen) atoms. The number of aryl methyl sites for hydroxylation is 1. The molecule has 4 nitrogen and oxygen atoms in total. The van der Waals surface area contributed by atoms with Gasteiger partial charge in [-0.15, -0.1) is 12.4 Å². The lowest BCUT2D eigenvalue weighted by Gasteiger charge is -2.13. The highest BCUT2D eigenvalue weighted by atomic mass is 35.5. The number of rotatable bonds is 5. The van der Waals surface area contributed by atoms with Crippen LogP contribution in [0.3, 0.4) is 0 Å². The molecular weight excluding hydrogens is 312 g/mol. The van der Waals surface area contributed by atoms with Crippen LogP contribution in [0, 0.1) is 6.92 Å². The Morgan fingerprint density at radius 1 is 1.22 bits per heavy atom. The molecule has 0 bridgehead atoms. The van der Waals surface area contributed by atoms with Gasteiger partial charge in [0.15, 0.2) is 0 Å². The van der Waals surface area contributed by atoms with E-state index in [4.69, 9.17) is 10.5 Å². The fourth-order valence-corrected chi connectivity index (χ4v) is 2.02. The van der Waals surface area contributed by atoms with E-state index < -0.39 is 0 Å². The molecule has 2 aromatic carbocycles. The smallest absolute Gasteiger partial charge is 0.256 e. The number of amides is 1. The Kier molecular flexibility index (Phi) is 6.91. The molecule has 0 heterocycles. The Labute approximate surface area is 143 Å². The summed E-state index contributed by atoms with van der Waals surface area (Å²) in [6, 6.07) is 12.7. The second-order valence-electron chi connectivity index (χ2n) is 5.39. The molecule has 124 valence electrons. The van der Waals surface area contributed by atoms with Gasteiger partial charge in [-0.3, -0.25) is 4.79 Å². The maximum Gasteiger partial charge on any atom is 0.256 e. The van der Waals surface area contributed by atoms with E-state index in [9.17, 15) is 4.79 Å². The summed E-state index contributed by atoms with van der Waals surface area (Å²) in [4.78, 5) is 12.3. The Morgan fingerprint density at radius 3 is 2.48 bits per heavy atom. The third-order valence-electron chi connectivity index (χ3n) is 3.53. The average molecular weight is 335 g/mol. The van der Waals surface area contributed by atoms with Crippen molar-refractivity contribution in [1.29, 1.82) is 0 Å². The maximum atomic E-state index is 12.3. The summed E-state index contributed by atoms with van der Waals surface area (Å²) in [5.74, 6) is 0.632. The number of carbonyl (C=O) groups is 1. The zero-order chi connectivity index (χ0) is 16.1. The summed E-state index contributed by atoms with van der Waals surface area (Å²) >= 11 is 0. The highest BCUT2D eigenvalue weighted by Crippen LogP contribution is 2.19. The number of hydrogen-bond acceptors (Lipinski definition) is 3. The predicted octanol–water partition coefficient (Wildman–Crippen LogP) is 4.43.